The van der Waals surface area contributed by atoms with Crippen molar-refractivity contribution in [1.82, 2.24) is 9.97 Å². The van der Waals surface area contributed by atoms with Gasteiger partial charge in [-0.25, -0.2) is 4.98 Å². The van der Waals surface area contributed by atoms with E-state index in [4.69, 9.17) is 5.73 Å². The third-order valence-corrected chi connectivity index (χ3v) is 3.31. The number of hydrogen-bond acceptors (Lipinski definition) is 5. The zero-order valence-corrected chi connectivity index (χ0v) is 9.72. The van der Waals surface area contributed by atoms with E-state index in [1.165, 1.54) is 0 Å². The van der Waals surface area contributed by atoms with Crippen molar-refractivity contribution in [2.45, 2.75) is 26.3 Å². The molecule has 1 aromatic rings. The maximum atomic E-state index is 9.41. The molecule has 5 nitrogen and oxygen atoms in total. The highest BCUT2D eigenvalue weighted by molar-refractivity contribution is 5.50. The topological polar surface area (TPSA) is 75.3 Å². The average Bonchev–Trinajstić information content (AvgIpc) is 2.63. The van der Waals surface area contributed by atoms with Crippen LogP contribution in [0.2, 0.25) is 0 Å². The van der Waals surface area contributed by atoms with E-state index in [0.717, 1.165) is 24.3 Å². The summed E-state index contributed by atoms with van der Waals surface area (Å²) < 4.78 is 0. The second-order valence-electron chi connectivity index (χ2n) is 4.44. The Balaban J connectivity index is 2.33. The number of anilines is 2. The van der Waals surface area contributed by atoms with Gasteiger partial charge >= 0.3 is 0 Å². The van der Waals surface area contributed by atoms with Gasteiger partial charge in [-0.2, -0.15) is 4.98 Å². The van der Waals surface area contributed by atoms with Gasteiger partial charge in [-0.3, -0.25) is 0 Å². The molecule has 1 aliphatic heterocycles. The molecule has 0 saturated carbocycles. The summed E-state index contributed by atoms with van der Waals surface area (Å²) >= 11 is 0. The highest BCUT2D eigenvalue weighted by Gasteiger charge is 2.32. The Labute approximate surface area is 95.3 Å². The Hall–Kier alpha value is -1.36. The first-order valence-corrected chi connectivity index (χ1v) is 5.60. The minimum absolute atomic E-state index is 0.146. The molecule has 1 fully saturated rings. The molecule has 2 heterocycles. The highest BCUT2D eigenvalue weighted by Crippen LogP contribution is 2.30. The van der Waals surface area contributed by atoms with Crippen LogP contribution in [0, 0.1) is 12.8 Å². The van der Waals surface area contributed by atoms with Crippen LogP contribution in [0.25, 0.3) is 0 Å². The first-order valence-electron chi connectivity index (χ1n) is 5.60. The fraction of sp³-hybridized carbons (Fsp3) is 0.636. The molecule has 0 bridgehead atoms. The average molecular weight is 222 g/mol. The van der Waals surface area contributed by atoms with E-state index < -0.39 is 0 Å². The second-order valence-corrected chi connectivity index (χ2v) is 4.44. The Bertz CT molecular complexity index is 382. The van der Waals surface area contributed by atoms with Crippen LogP contribution in [-0.4, -0.2) is 34.3 Å². The van der Waals surface area contributed by atoms with Crippen LogP contribution in [0.5, 0.6) is 0 Å². The minimum atomic E-state index is 0.146. The largest absolute Gasteiger partial charge is 0.394 e. The van der Waals surface area contributed by atoms with Gasteiger partial charge in [-0.1, -0.05) is 6.92 Å². The van der Waals surface area contributed by atoms with Crippen molar-refractivity contribution in [2.24, 2.45) is 5.92 Å². The molecule has 5 heteroatoms. The molecule has 16 heavy (non-hydrogen) atoms. The highest BCUT2D eigenvalue weighted by atomic mass is 16.3. The number of aromatic nitrogens is 2. The van der Waals surface area contributed by atoms with Crippen molar-refractivity contribution in [3.8, 4) is 0 Å². The summed E-state index contributed by atoms with van der Waals surface area (Å²) in [4.78, 5) is 10.4. The van der Waals surface area contributed by atoms with Crippen LogP contribution in [0.4, 0.5) is 11.8 Å². The van der Waals surface area contributed by atoms with Crippen molar-refractivity contribution >= 4 is 11.8 Å². The molecule has 2 atom stereocenters. The van der Waals surface area contributed by atoms with Gasteiger partial charge in [0.25, 0.3) is 0 Å². The molecule has 88 valence electrons. The van der Waals surface area contributed by atoms with Gasteiger partial charge in [0.1, 0.15) is 5.82 Å². The summed E-state index contributed by atoms with van der Waals surface area (Å²) in [5, 5.41) is 9.41. The van der Waals surface area contributed by atoms with E-state index >= 15 is 0 Å². The van der Waals surface area contributed by atoms with Gasteiger partial charge in [0.05, 0.1) is 12.6 Å². The number of hydrogen-bond donors (Lipinski definition) is 2. The number of nitrogens with zero attached hydrogens (tertiary/aromatic N) is 3. The monoisotopic (exact) mass is 222 g/mol. The molecule has 1 aliphatic rings. The Morgan fingerprint density at radius 2 is 2.38 bits per heavy atom. The minimum Gasteiger partial charge on any atom is -0.394 e. The summed E-state index contributed by atoms with van der Waals surface area (Å²) in [6.45, 7) is 5.20. The van der Waals surface area contributed by atoms with Crippen molar-refractivity contribution in [3.05, 3.63) is 11.8 Å². The summed E-state index contributed by atoms with van der Waals surface area (Å²) in [7, 11) is 0. The smallest absolute Gasteiger partial charge is 0.221 e. The van der Waals surface area contributed by atoms with Crippen LogP contribution in [0.3, 0.4) is 0 Å². The predicted octanol–water partition coefficient (Wildman–Crippen LogP) is 0.574. The normalized spacial score (nSPS) is 25.1. The third-order valence-electron chi connectivity index (χ3n) is 3.31. The van der Waals surface area contributed by atoms with Gasteiger partial charge in [-0.05, 0) is 19.3 Å². The maximum absolute atomic E-state index is 9.41. The number of aliphatic hydroxyl groups excluding tert-OH is 1. The molecule has 0 aliphatic carbocycles. The Morgan fingerprint density at radius 1 is 1.62 bits per heavy atom. The van der Waals surface area contributed by atoms with Gasteiger partial charge in [-0.15, -0.1) is 0 Å². The van der Waals surface area contributed by atoms with Crippen molar-refractivity contribution in [2.75, 3.05) is 23.8 Å². The lowest BCUT2D eigenvalue weighted by molar-refractivity contribution is 0.244. The lowest BCUT2D eigenvalue weighted by Crippen LogP contribution is -2.36. The van der Waals surface area contributed by atoms with Crippen molar-refractivity contribution < 1.29 is 5.11 Å². The first kappa shape index (κ1) is 11.1. The number of nitrogens with two attached hydrogens (primary N) is 1. The summed E-state index contributed by atoms with van der Waals surface area (Å²) in [6.07, 6.45) is 2.81. The lowest BCUT2D eigenvalue weighted by Gasteiger charge is -2.27. The molecule has 0 radical (unpaired) electrons. The lowest BCUT2D eigenvalue weighted by atomic mass is 10.0. The standard InChI is InChI=1S/C11H18N4O/c1-7-3-4-15(9(7)6-16)10-8(2)5-13-11(12)14-10/h5,7,9,16H,3-4,6H2,1-2H3,(H2,12,13,14). The molecule has 1 saturated heterocycles. The maximum Gasteiger partial charge on any atom is 0.221 e. The first-order chi connectivity index (χ1) is 7.63. The van der Waals surface area contributed by atoms with Gasteiger partial charge in [0.15, 0.2) is 0 Å². The second kappa shape index (κ2) is 4.25. The van der Waals surface area contributed by atoms with Crippen LogP contribution in [0.15, 0.2) is 6.20 Å². The summed E-state index contributed by atoms with van der Waals surface area (Å²) in [6, 6.07) is 0.146. The molecule has 0 spiro atoms. The van der Waals surface area contributed by atoms with Gasteiger partial charge in [0.2, 0.25) is 5.95 Å². The van der Waals surface area contributed by atoms with E-state index in [0.29, 0.717) is 5.92 Å². The van der Waals surface area contributed by atoms with E-state index in [1.807, 2.05) is 6.92 Å². The Kier molecular flexibility index (Phi) is 2.96. The quantitative estimate of drug-likeness (QED) is 0.765. The zero-order chi connectivity index (χ0) is 11.7. The molecule has 2 unspecified atom stereocenters. The van der Waals surface area contributed by atoms with E-state index in [-0.39, 0.29) is 18.6 Å². The van der Waals surface area contributed by atoms with E-state index in [2.05, 4.69) is 21.8 Å². The molecule has 3 N–H and O–H groups in total. The molecule has 0 aromatic carbocycles. The number of aliphatic hydroxyl groups is 1. The van der Waals surface area contributed by atoms with E-state index in [1.54, 1.807) is 6.20 Å². The van der Waals surface area contributed by atoms with Crippen molar-refractivity contribution in [1.29, 1.82) is 0 Å². The molecule has 2 rings (SSSR count). The number of rotatable bonds is 2. The van der Waals surface area contributed by atoms with Crippen LogP contribution >= 0.6 is 0 Å². The SMILES string of the molecule is Cc1cnc(N)nc1N1CCC(C)C1CO. The summed E-state index contributed by atoms with van der Waals surface area (Å²) in [5.41, 5.74) is 6.61. The molecule has 1 aromatic heterocycles. The van der Waals surface area contributed by atoms with E-state index in [9.17, 15) is 5.11 Å². The zero-order valence-electron chi connectivity index (χ0n) is 9.72. The fourth-order valence-electron chi connectivity index (χ4n) is 2.29. The molecular formula is C11H18N4O. The Morgan fingerprint density at radius 3 is 3.06 bits per heavy atom. The molecule has 0 amide bonds. The van der Waals surface area contributed by atoms with Crippen LogP contribution in [-0.2, 0) is 0 Å². The summed E-state index contributed by atoms with van der Waals surface area (Å²) in [5.74, 6) is 1.63. The third kappa shape index (κ3) is 1.82. The molecular weight excluding hydrogens is 204 g/mol. The van der Waals surface area contributed by atoms with Crippen LogP contribution < -0.4 is 10.6 Å². The van der Waals surface area contributed by atoms with Crippen LogP contribution in [0.1, 0.15) is 18.9 Å². The van der Waals surface area contributed by atoms with Gasteiger partial charge < -0.3 is 15.7 Å². The fourth-order valence-corrected chi connectivity index (χ4v) is 2.29. The predicted molar refractivity (Wildman–Crippen MR) is 63.2 cm³/mol. The van der Waals surface area contributed by atoms with Gasteiger partial charge in [0, 0.05) is 18.3 Å². The van der Waals surface area contributed by atoms with Crippen molar-refractivity contribution in [3.63, 3.8) is 0 Å². The number of aryl methyl sites for hydroxylation is 1. The number of nitrogen functional groups attached to an aromatic ring is 1.